The monoisotopic (exact) mass is 544 g/mol. The molecule has 6 nitrogen and oxygen atoms in total. The summed E-state index contributed by atoms with van der Waals surface area (Å²) in [4.78, 5) is 18.4. The maximum atomic E-state index is 12.4. The highest BCUT2D eigenvalue weighted by Crippen LogP contribution is 2.26. The molecule has 0 unspecified atom stereocenters. The van der Waals surface area contributed by atoms with E-state index in [1.165, 1.54) is 16.8 Å². The molecule has 0 radical (unpaired) electrons. The molecule has 6 heteroatoms. The number of hydrogen-bond acceptors (Lipinski definition) is 4. The third-order valence-electron chi connectivity index (χ3n) is 7.16. The van der Waals surface area contributed by atoms with Crippen molar-refractivity contribution in [2.45, 2.75) is 92.7 Å². The summed E-state index contributed by atoms with van der Waals surface area (Å²) in [6.07, 6.45) is 8.72. The topological polar surface area (TPSA) is 71.2 Å². The van der Waals surface area contributed by atoms with Crippen LogP contribution in [0.3, 0.4) is 0 Å². The fraction of sp³-hybridized carbons (Fsp3) is 0.500. The number of nitriles is 1. The van der Waals surface area contributed by atoms with E-state index in [4.69, 9.17) is 10.00 Å². The van der Waals surface area contributed by atoms with E-state index in [-0.39, 0.29) is 6.09 Å². The number of imidazole rings is 1. The van der Waals surface area contributed by atoms with Gasteiger partial charge in [0.25, 0.3) is 0 Å². The van der Waals surface area contributed by atoms with Gasteiger partial charge >= 0.3 is 6.09 Å². The second kappa shape index (κ2) is 17.9. The molecule has 3 rings (SSSR count). The number of amides is 1. The Bertz CT molecular complexity index is 1170. The molecule has 3 aromatic rings. The second-order valence-corrected chi connectivity index (χ2v) is 10.6. The lowest BCUT2D eigenvalue weighted by atomic mass is 9.90. The minimum atomic E-state index is -0.183. The van der Waals surface area contributed by atoms with Crippen LogP contribution in [0.5, 0.6) is 0 Å². The van der Waals surface area contributed by atoms with Gasteiger partial charge in [-0.25, -0.2) is 9.78 Å². The summed E-state index contributed by atoms with van der Waals surface area (Å²) in [5, 5.41) is 8.70. The number of aryl methyl sites for hydroxylation is 1. The summed E-state index contributed by atoms with van der Waals surface area (Å²) in [6.45, 7) is 15.7. The molecule has 40 heavy (non-hydrogen) atoms. The van der Waals surface area contributed by atoms with E-state index in [0.717, 1.165) is 57.3 Å². The summed E-state index contributed by atoms with van der Waals surface area (Å²) in [5.41, 5.74) is 5.57. The summed E-state index contributed by atoms with van der Waals surface area (Å²) in [6, 6.07) is 18.1. The van der Waals surface area contributed by atoms with E-state index in [9.17, 15) is 4.79 Å². The third-order valence-corrected chi connectivity index (χ3v) is 7.16. The molecule has 0 N–H and O–H groups in total. The second-order valence-electron chi connectivity index (χ2n) is 10.6. The van der Waals surface area contributed by atoms with Crippen LogP contribution in [-0.4, -0.2) is 33.6 Å². The molecule has 0 bridgehead atoms. The van der Waals surface area contributed by atoms with E-state index in [1.807, 2.05) is 47.8 Å². The SMILES string of the molecule is CCCN(CCC(C)C)C(=O)OCc1ccccc1C(CC)CC.CCc1cncn1Cc1ccc(C#N)cc1. The van der Waals surface area contributed by atoms with E-state index in [1.54, 1.807) is 0 Å². The van der Waals surface area contributed by atoms with Crippen LogP contribution in [-0.2, 0) is 24.3 Å². The van der Waals surface area contributed by atoms with Gasteiger partial charge in [-0.3, -0.25) is 0 Å². The molecule has 0 saturated carbocycles. The first kappa shape index (κ1) is 32.6. The van der Waals surface area contributed by atoms with Gasteiger partial charge in [0.2, 0.25) is 0 Å². The first-order chi connectivity index (χ1) is 19.4. The highest BCUT2D eigenvalue weighted by Gasteiger charge is 2.17. The molecule has 0 aliphatic heterocycles. The summed E-state index contributed by atoms with van der Waals surface area (Å²) >= 11 is 0. The maximum Gasteiger partial charge on any atom is 0.410 e. The Hall–Kier alpha value is -3.59. The van der Waals surface area contributed by atoms with Crippen LogP contribution in [0.2, 0.25) is 0 Å². The maximum absolute atomic E-state index is 12.4. The van der Waals surface area contributed by atoms with Crippen LogP contribution < -0.4 is 0 Å². The molecular formula is C34H48N4O2. The Morgan fingerprint density at radius 3 is 2.33 bits per heavy atom. The van der Waals surface area contributed by atoms with Crippen LogP contribution in [0.4, 0.5) is 4.79 Å². The minimum Gasteiger partial charge on any atom is -0.445 e. The van der Waals surface area contributed by atoms with Crippen molar-refractivity contribution in [1.29, 1.82) is 5.26 Å². The highest BCUT2D eigenvalue weighted by molar-refractivity contribution is 5.67. The smallest absolute Gasteiger partial charge is 0.410 e. The lowest BCUT2D eigenvalue weighted by Gasteiger charge is -2.23. The fourth-order valence-electron chi connectivity index (χ4n) is 4.67. The summed E-state index contributed by atoms with van der Waals surface area (Å²) in [5.74, 6) is 1.13. The Balaban J connectivity index is 0.000000302. The number of aromatic nitrogens is 2. The van der Waals surface area contributed by atoms with Gasteiger partial charge in [0.1, 0.15) is 6.61 Å². The van der Waals surface area contributed by atoms with Gasteiger partial charge in [-0.05, 0) is 72.8 Å². The van der Waals surface area contributed by atoms with Crippen molar-refractivity contribution in [3.63, 3.8) is 0 Å². The van der Waals surface area contributed by atoms with Gasteiger partial charge in [-0.15, -0.1) is 0 Å². The van der Waals surface area contributed by atoms with Gasteiger partial charge in [0.15, 0.2) is 0 Å². The molecule has 0 aliphatic rings. The minimum absolute atomic E-state index is 0.183. The predicted octanol–water partition coefficient (Wildman–Crippen LogP) is 8.35. The van der Waals surface area contributed by atoms with Gasteiger partial charge in [-0.2, -0.15) is 5.26 Å². The number of benzene rings is 2. The quantitative estimate of drug-likeness (QED) is 0.217. The van der Waals surface area contributed by atoms with Crippen LogP contribution in [0, 0.1) is 17.2 Å². The highest BCUT2D eigenvalue weighted by atomic mass is 16.6. The third kappa shape index (κ3) is 10.5. The average molecular weight is 545 g/mol. The Labute approximate surface area is 242 Å². The summed E-state index contributed by atoms with van der Waals surface area (Å²) < 4.78 is 7.77. The van der Waals surface area contributed by atoms with E-state index >= 15 is 0 Å². The lowest BCUT2D eigenvalue weighted by molar-refractivity contribution is 0.0941. The van der Waals surface area contributed by atoms with Gasteiger partial charge in [0.05, 0.1) is 18.0 Å². The molecule has 1 aromatic heterocycles. The first-order valence-electron chi connectivity index (χ1n) is 14.8. The average Bonchev–Trinajstić information content (AvgIpc) is 3.43. The van der Waals surface area contributed by atoms with Crippen molar-refractivity contribution in [2.75, 3.05) is 13.1 Å². The van der Waals surface area contributed by atoms with Gasteiger partial charge in [0, 0.05) is 31.5 Å². The van der Waals surface area contributed by atoms with Crippen molar-refractivity contribution in [2.24, 2.45) is 5.92 Å². The number of carbonyl (C=O) groups excluding carboxylic acids is 1. The standard InChI is InChI=1S/C21H35NO2.C13H13N3/c1-6-14-22(15-13-17(4)5)21(23)24-16-19-11-9-10-12-20(19)18(7-2)8-3;1-2-13-8-15-10-16(13)9-12-5-3-11(7-14)4-6-12/h9-12,17-18H,6-8,13-16H2,1-5H3;3-6,8,10H,2,9H2,1H3. The zero-order chi connectivity index (χ0) is 29.3. The Morgan fingerprint density at radius 2 is 1.73 bits per heavy atom. The van der Waals surface area contributed by atoms with E-state index in [0.29, 0.717) is 24.0 Å². The molecular weight excluding hydrogens is 496 g/mol. The molecule has 0 aliphatic carbocycles. The van der Waals surface area contributed by atoms with Crippen molar-refractivity contribution in [3.05, 3.63) is 89.0 Å². The first-order valence-corrected chi connectivity index (χ1v) is 14.8. The zero-order valence-electron chi connectivity index (χ0n) is 25.4. The fourth-order valence-corrected chi connectivity index (χ4v) is 4.67. The Kier molecular flexibility index (Phi) is 14.6. The van der Waals surface area contributed by atoms with Crippen molar-refractivity contribution in [3.8, 4) is 6.07 Å². The van der Waals surface area contributed by atoms with E-state index < -0.39 is 0 Å². The van der Waals surface area contributed by atoms with Crippen LogP contribution in [0.1, 0.15) is 101 Å². The van der Waals surface area contributed by atoms with Crippen molar-refractivity contribution in [1.82, 2.24) is 14.5 Å². The van der Waals surface area contributed by atoms with Crippen LogP contribution in [0.25, 0.3) is 0 Å². The Morgan fingerprint density at radius 1 is 1.02 bits per heavy atom. The molecule has 216 valence electrons. The molecule has 0 fully saturated rings. The molecule has 0 spiro atoms. The van der Waals surface area contributed by atoms with Gasteiger partial charge < -0.3 is 14.2 Å². The lowest BCUT2D eigenvalue weighted by Crippen LogP contribution is -2.33. The largest absolute Gasteiger partial charge is 0.445 e. The van der Waals surface area contributed by atoms with Crippen LogP contribution in [0.15, 0.2) is 61.1 Å². The number of rotatable bonds is 13. The zero-order valence-corrected chi connectivity index (χ0v) is 25.4. The number of nitrogens with zero attached hydrogens (tertiary/aromatic N) is 4. The molecule has 0 atom stereocenters. The van der Waals surface area contributed by atoms with Crippen molar-refractivity contribution >= 4 is 6.09 Å². The van der Waals surface area contributed by atoms with Crippen LogP contribution >= 0.6 is 0 Å². The number of hydrogen-bond donors (Lipinski definition) is 0. The normalized spacial score (nSPS) is 10.7. The number of carbonyl (C=O) groups is 1. The molecule has 1 heterocycles. The van der Waals surface area contributed by atoms with Crippen molar-refractivity contribution < 1.29 is 9.53 Å². The number of ether oxygens (including phenoxy) is 1. The van der Waals surface area contributed by atoms with E-state index in [2.05, 4.69) is 75.4 Å². The molecule has 1 amide bonds. The summed E-state index contributed by atoms with van der Waals surface area (Å²) in [7, 11) is 0. The van der Waals surface area contributed by atoms with Gasteiger partial charge in [-0.1, -0.05) is 77.9 Å². The predicted molar refractivity (Wildman–Crippen MR) is 163 cm³/mol. The molecule has 0 saturated heterocycles. The molecule has 2 aromatic carbocycles.